The summed E-state index contributed by atoms with van der Waals surface area (Å²) in [4.78, 5) is 0. The van der Waals surface area contributed by atoms with Crippen LogP contribution < -0.4 is 5.73 Å². The molecule has 0 aromatic carbocycles. The largest absolute Gasteiger partial charge is 0.394 e. The maximum absolute atomic E-state index is 8.75. The Morgan fingerprint density at radius 1 is 1.69 bits per heavy atom. The van der Waals surface area contributed by atoms with Gasteiger partial charge < -0.3 is 10.8 Å². The number of hydrogen-bond acceptors (Lipinski definition) is 3. The van der Waals surface area contributed by atoms with Gasteiger partial charge in [-0.3, -0.25) is 4.68 Å². The van der Waals surface area contributed by atoms with Crippen molar-refractivity contribution < 1.29 is 5.11 Å². The standard InChI is InChI=1S/C9H15N3O/c10-8-1-2-9-7(5-8)6-12(11-9)3-4-13/h6,8,13H,1-5,10H2. The van der Waals surface area contributed by atoms with Gasteiger partial charge in [0.25, 0.3) is 0 Å². The Morgan fingerprint density at radius 3 is 3.31 bits per heavy atom. The molecule has 72 valence electrons. The quantitative estimate of drug-likeness (QED) is 0.658. The second-order valence-electron chi connectivity index (χ2n) is 3.59. The summed E-state index contributed by atoms with van der Waals surface area (Å²) in [7, 11) is 0. The molecule has 0 aliphatic heterocycles. The second kappa shape index (κ2) is 3.47. The lowest BCUT2D eigenvalue weighted by atomic mass is 9.94. The molecule has 1 heterocycles. The first-order chi connectivity index (χ1) is 6.29. The highest BCUT2D eigenvalue weighted by Crippen LogP contribution is 2.18. The summed E-state index contributed by atoms with van der Waals surface area (Å²) in [5.74, 6) is 0. The fourth-order valence-corrected chi connectivity index (χ4v) is 1.81. The molecule has 0 radical (unpaired) electrons. The van der Waals surface area contributed by atoms with E-state index in [9.17, 15) is 0 Å². The third-order valence-electron chi connectivity index (χ3n) is 2.49. The van der Waals surface area contributed by atoms with Crippen LogP contribution in [-0.4, -0.2) is 27.5 Å². The van der Waals surface area contributed by atoms with Gasteiger partial charge in [0.15, 0.2) is 0 Å². The number of fused-ring (bicyclic) bond motifs is 1. The SMILES string of the molecule is NC1CCc2nn(CCO)cc2C1. The molecule has 4 heteroatoms. The lowest BCUT2D eigenvalue weighted by molar-refractivity contribution is 0.269. The van der Waals surface area contributed by atoms with Gasteiger partial charge in [-0.15, -0.1) is 0 Å². The highest BCUT2D eigenvalue weighted by atomic mass is 16.3. The minimum absolute atomic E-state index is 0.145. The van der Waals surface area contributed by atoms with Crippen molar-refractivity contribution >= 4 is 0 Å². The van der Waals surface area contributed by atoms with Gasteiger partial charge in [0, 0.05) is 12.2 Å². The van der Waals surface area contributed by atoms with Gasteiger partial charge in [0.1, 0.15) is 0 Å². The van der Waals surface area contributed by atoms with E-state index < -0.39 is 0 Å². The van der Waals surface area contributed by atoms with E-state index in [1.165, 1.54) is 5.56 Å². The van der Waals surface area contributed by atoms with Crippen molar-refractivity contribution in [1.29, 1.82) is 0 Å². The van der Waals surface area contributed by atoms with Crippen molar-refractivity contribution in [3.63, 3.8) is 0 Å². The number of aryl methyl sites for hydroxylation is 1. The summed E-state index contributed by atoms with van der Waals surface area (Å²) >= 11 is 0. The van der Waals surface area contributed by atoms with E-state index in [1.54, 1.807) is 0 Å². The molecule has 1 atom stereocenters. The fraction of sp³-hybridized carbons (Fsp3) is 0.667. The van der Waals surface area contributed by atoms with E-state index in [0.717, 1.165) is 25.0 Å². The molecule has 0 spiro atoms. The van der Waals surface area contributed by atoms with E-state index in [2.05, 4.69) is 5.10 Å². The van der Waals surface area contributed by atoms with Crippen molar-refractivity contribution in [3.8, 4) is 0 Å². The Balaban J connectivity index is 2.18. The number of aromatic nitrogens is 2. The second-order valence-corrected chi connectivity index (χ2v) is 3.59. The zero-order chi connectivity index (χ0) is 9.26. The molecule has 0 saturated heterocycles. The fourth-order valence-electron chi connectivity index (χ4n) is 1.81. The highest BCUT2D eigenvalue weighted by Gasteiger charge is 2.18. The molecule has 0 bridgehead atoms. The Morgan fingerprint density at radius 2 is 2.54 bits per heavy atom. The van der Waals surface area contributed by atoms with Gasteiger partial charge in [-0.05, 0) is 24.8 Å². The van der Waals surface area contributed by atoms with Crippen LogP contribution in [0.1, 0.15) is 17.7 Å². The van der Waals surface area contributed by atoms with Crippen LogP contribution in [0.25, 0.3) is 0 Å². The van der Waals surface area contributed by atoms with Crippen LogP contribution in [0, 0.1) is 0 Å². The van der Waals surface area contributed by atoms with Gasteiger partial charge in [-0.25, -0.2) is 0 Å². The monoisotopic (exact) mass is 181 g/mol. The Hall–Kier alpha value is -0.870. The van der Waals surface area contributed by atoms with Crippen molar-refractivity contribution in [3.05, 3.63) is 17.5 Å². The third-order valence-corrected chi connectivity index (χ3v) is 2.49. The molecule has 0 amide bonds. The summed E-state index contributed by atoms with van der Waals surface area (Å²) in [5.41, 5.74) is 8.27. The minimum Gasteiger partial charge on any atom is -0.394 e. The first-order valence-corrected chi connectivity index (χ1v) is 4.71. The summed E-state index contributed by atoms with van der Waals surface area (Å²) in [5, 5.41) is 13.1. The predicted molar refractivity (Wildman–Crippen MR) is 49.3 cm³/mol. The molecule has 4 nitrogen and oxygen atoms in total. The molecule has 0 saturated carbocycles. The van der Waals surface area contributed by atoms with Crippen LogP contribution in [-0.2, 0) is 19.4 Å². The van der Waals surface area contributed by atoms with E-state index >= 15 is 0 Å². The highest BCUT2D eigenvalue weighted by molar-refractivity contribution is 5.21. The van der Waals surface area contributed by atoms with Crippen molar-refractivity contribution in [2.45, 2.75) is 31.8 Å². The molecule has 3 N–H and O–H groups in total. The molecule has 1 aliphatic rings. The number of aliphatic hydroxyl groups is 1. The van der Waals surface area contributed by atoms with Crippen LogP contribution in [0.2, 0.25) is 0 Å². The molecule has 1 aromatic rings. The van der Waals surface area contributed by atoms with Gasteiger partial charge in [0.2, 0.25) is 0 Å². The van der Waals surface area contributed by atoms with E-state index in [-0.39, 0.29) is 6.61 Å². The number of aliphatic hydroxyl groups excluding tert-OH is 1. The number of hydrogen-bond donors (Lipinski definition) is 2. The normalized spacial score (nSPS) is 21.5. The summed E-state index contributed by atoms with van der Waals surface area (Å²) in [6.45, 7) is 0.731. The van der Waals surface area contributed by atoms with Crippen LogP contribution in [0.3, 0.4) is 0 Å². The Kier molecular flexibility index (Phi) is 2.33. The van der Waals surface area contributed by atoms with Crippen LogP contribution in [0.5, 0.6) is 0 Å². The molecular formula is C9H15N3O. The van der Waals surface area contributed by atoms with Crippen molar-refractivity contribution in [1.82, 2.24) is 9.78 Å². The van der Waals surface area contributed by atoms with E-state index in [4.69, 9.17) is 10.8 Å². The topological polar surface area (TPSA) is 64.1 Å². The molecule has 2 rings (SSSR count). The van der Waals surface area contributed by atoms with Gasteiger partial charge in [-0.1, -0.05) is 0 Å². The summed E-state index contributed by atoms with van der Waals surface area (Å²) < 4.78 is 1.81. The van der Waals surface area contributed by atoms with Crippen molar-refractivity contribution in [2.24, 2.45) is 5.73 Å². The molecular weight excluding hydrogens is 166 g/mol. The predicted octanol–water partition coefficient (Wildman–Crippen LogP) is -0.309. The molecule has 1 aromatic heterocycles. The first kappa shape index (κ1) is 8.72. The van der Waals surface area contributed by atoms with Crippen LogP contribution >= 0.6 is 0 Å². The number of rotatable bonds is 2. The third kappa shape index (κ3) is 1.73. The van der Waals surface area contributed by atoms with Gasteiger partial charge in [0.05, 0.1) is 18.8 Å². The zero-order valence-electron chi connectivity index (χ0n) is 7.61. The molecule has 1 aliphatic carbocycles. The molecule has 0 fully saturated rings. The maximum Gasteiger partial charge on any atom is 0.0657 e. The van der Waals surface area contributed by atoms with Gasteiger partial charge >= 0.3 is 0 Å². The number of nitrogens with two attached hydrogens (primary N) is 1. The van der Waals surface area contributed by atoms with Crippen molar-refractivity contribution in [2.75, 3.05) is 6.61 Å². The average Bonchev–Trinajstić information content (AvgIpc) is 2.46. The van der Waals surface area contributed by atoms with E-state index in [1.807, 2.05) is 10.9 Å². The minimum atomic E-state index is 0.145. The van der Waals surface area contributed by atoms with E-state index in [0.29, 0.717) is 12.6 Å². The van der Waals surface area contributed by atoms with Crippen LogP contribution in [0.15, 0.2) is 6.20 Å². The number of nitrogens with zero attached hydrogens (tertiary/aromatic N) is 2. The van der Waals surface area contributed by atoms with Gasteiger partial charge in [-0.2, -0.15) is 5.10 Å². The van der Waals surface area contributed by atoms with Crippen LogP contribution in [0.4, 0.5) is 0 Å². The summed E-state index contributed by atoms with van der Waals surface area (Å²) in [6.07, 6.45) is 4.95. The Labute approximate surface area is 77.4 Å². The Bertz CT molecular complexity index is 295. The molecule has 13 heavy (non-hydrogen) atoms. The smallest absolute Gasteiger partial charge is 0.0657 e. The molecule has 1 unspecified atom stereocenters. The lowest BCUT2D eigenvalue weighted by Crippen LogP contribution is -2.27. The average molecular weight is 181 g/mol. The zero-order valence-corrected chi connectivity index (χ0v) is 7.61. The lowest BCUT2D eigenvalue weighted by Gasteiger charge is -2.15. The first-order valence-electron chi connectivity index (χ1n) is 4.71. The summed E-state index contributed by atoms with van der Waals surface area (Å²) in [6, 6.07) is 0.291. The maximum atomic E-state index is 8.75.